The normalized spacial score (nSPS) is 12.0. The average molecular weight is 359 g/mol. The largest absolute Gasteiger partial charge is 0.368 e. The van der Waals surface area contributed by atoms with Crippen LogP contribution in [-0.2, 0) is 9.84 Å². The van der Waals surface area contributed by atoms with E-state index in [0.717, 1.165) is 10.8 Å². The van der Waals surface area contributed by atoms with Gasteiger partial charge in [-0.25, -0.2) is 8.42 Å². The molecule has 22 heavy (non-hydrogen) atoms. The third kappa shape index (κ3) is 2.58. The minimum Gasteiger partial charge on any atom is -0.368 e. The molecule has 3 rings (SSSR count). The molecular formula is C11H8Cl2N6O2S. The summed E-state index contributed by atoms with van der Waals surface area (Å²) in [6, 6.07) is 4.81. The highest BCUT2D eigenvalue weighted by molar-refractivity contribution is 7.90. The summed E-state index contributed by atoms with van der Waals surface area (Å²) < 4.78 is 24.2. The second kappa shape index (κ2) is 5.04. The van der Waals surface area contributed by atoms with E-state index >= 15 is 0 Å². The maximum absolute atomic E-state index is 11.5. The number of rotatable bonds is 2. The third-order valence-electron chi connectivity index (χ3n) is 2.72. The van der Waals surface area contributed by atoms with E-state index < -0.39 is 15.0 Å². The standard InChI is InChI=1S/C11H8Cl2N6O2S/c1-22(20,21)11-16-9(14)19-10(17-11)15-8(18-19)6-3-2-5(12)4-7(6)13/h2-4H,1H3,(H2,14,15,16,17,18). The van der Waals surface area contributed by atoms with Crippen LogP contribution in [0.2, 0.25) is 10.0 Å². The number of nitrogen functional groups attached to an aromatic ring is 1. The van der Waals surface area contributed by atoms with Crippen LogP contribution in [-0.4, -0.2) is 39.2 Å². The number of halogens is 2. The Kier molecular flexibility index (Phi) is 3.42. The quantitative estimate of drug-likeness (QED) is 0.737. The van der Waals surface area contributed by atoms with Crippen molar-refractivity contribution in [1.29, 1.82) is 0 Å². The molecule has 3 aromatic rings. The first kappa shape index (κ1) is 14.9. The van der Waals surface area contributed by atoms with Crippen LogP contribution >= 0.6 is 23.2 Å². The molecular weight excluding hydrogens is 351 g/mol. The second-order valence-electron chi connectivity index (χ2n) is 4.41. The molecule has 114 valence electrons. The van der Waals surface area contributed by atoms with Gasteiger partial charge in [-0.1, -0.05) is 23.2 Å². The van der Waals surface area contributed by atoms with Crippen LogP contribution in [0.15, 0.2) is 23.4 Å². The highest BCUT2D eigenvalue weighted by Crippen LogP contribution is 2.28. The number of hydrogen-bond donors (Lipinski definition) is 1. The smallest absolute Gasteiger partial charge is 0.258 e. The molecule has 0 aliphatic rings. The first-order valence-corrected chi connectivity index (χ1v) is 8.46. The zero-order valence-corrected chi connectivity index (χ0v) is 13.4. The number of nitrogens with zero attached hydrogens (tertiary/aromatic N) is 5. The van der Waals surface area contributed by atoms with Gasteiger partial charge in [0.25, 0.3) is 10.9 Å². The first-order chi connectivity index (χ1) is 10.3. The van der Waals surface area contributed by atoms with Crippen molar-refractivity contribution in [3.63, 3.8) is 0 Å². The van der Waals surface area contributed by atoms with Gasteiger partial charge in [-0.05, 0) is 18.2 Å². The van der Waals surface area contributed by atoms with Crippen molar-refractivity contribution < 1.29 is 8.42 Å². The van der Waals surface area contributed by atoms with E-state index in [9.17, 15) is 8.42 Å². The lowest BCUT2D eigenvalue weighted by Gasteiger charge is -1.99. The number of sulfone groups is 1. The number of anilines is 1. The van der Waals surface area contributed by atoms with Crippen molar-refractivity contribution >= 4 is 44.8 Å². The van der Waals surface area contributed by atoms with Gasteiger partial charge in [-0.3, -0.25) is 0 Å². The van der Waals surface area contributed by atoms with Crippen LogP contribution in [0.4, 0.5) is 5.95 Å². The molecule has 0 spiro atoms. The predicted octanol–water partition coefficient (Wildman–Crippen LogP) is 1.48. The number of fused-ring (bicyclic) bond motifs is 1. The highest BCUT2D eigenvalue weighted by atomic mass is 35.5. The molecule has 0 unspecified atom stereocenters. The van der Waals surface area contributed by atoms with E-state index in [1.54, 1.807) is 18.2 Å². The monoisotopic (exact) mass is 358 g/mol. The van der Waals surface area contributed by atoms with Gasteiger partial charge >= 0.3 is 0 Å². The Balaban J connectivity index is 2.24. The van der Waals surface area contributed by atoms with Gasteiger partial charge in [0, 0.05) is 16.8 Å². The van der Waals surface area contributed by atoms with Crippen molar-refractivity contribution in [2.45, 2.75) is 5.16 Å². The zero-order valence-electron chi connectivity index (χ0n) is 11.0. The Morgan fingerprint density at radius 3 is 2.55 bits per heavy atom. The second-order valence-corrected chi connectivity index (χ2v) is 7.16. The summed E-state index contributed by atoms with van der Waals surface area (Å²) in [4.78, 5) is 11.7. The Morgan fingerprint density at radius 1 is 1.18 bits per heavy atom. The summed E-state index contributed by atoms with van der Waals surface area (Å²) in [5.74, 6) is 0.0940. The maximum Gasteiger partial charge on any atom is 0.258 e. The molecule has 0 saturated carbocycles. The van der Waals surface area contributed by atoms with E-state index in [2.05, 4.69) is 20.1 Å². The van der Waals surface area contributed by atoms with Gasteiger partial charge < -0.3 is 5.73 Å². The first-order valence-electron chi connectivity index (χ1n) is 5.81. The summed E-state index contributed by atoms with van der Waals surface area (Å²) in [6.07, 6.45) is 0.978. The lowest BCUT2D eigenvalue weighted by Crippen LogP contribution is -2.11. The number of nitrogens with two attached hydrogens (primary N) is 1. The van der Waals surface area contributed by atoms with E-state index in [4.69, 9.17) is 28.9 Å². The van der Waals surface area contributed by atoms with Crippen molar-refractivity contribution in [2.24, 2.45) is 0 Å². The van der Waals surface area contributed by atoms with Crippen molar-refractivity contribution in [3.05, 3.63) is 28.2 Å². The number of aromatic nitrogens is 5. The Bertz CT molecular complexity index is 1000. The fourth-order valence-electron chi connectivity index (χ4n) is 1.74. The Labute approximate surface area is 134 Å². The van der Waals surface area contributed by atoms with Crippen molar-refractivity contribution in [3.8, 4) is 11.4 Å². The van der Waals surface area contributed by atoms with Gasteiger partial charge in [0.05, 0.1) is 5.02 Å². The van der Waals surface area contributed by atoms with Crippen molar-refractivity contribution in [2.75, 3.05) is 12.0 Å². The molecule has 0 atom stereocenters. The number of benzene rings is 1. The summed E-state index contributed by atoms with van der Waals surface area (Å²) in [5.41, 5.74) is 6.21. The topological polar surface area (TPSA) is 116 Å². The SMILES string of the molecule is CS(=O)(=O)c1nc(N)n2nc(-c3ccc(Cl)cc3Cl)nc2n1. The van der Waals surface area contributed by atoms with Crippen LogP contribution in [0.1, 0.15) is 0 Å². The molecule has 11 heteroatoms. The predicted molar refractivity (Wildman–Crippen MR) is 81.6 cm³/mol. The van der Waals surface area contributed by atoms with E-state index in [1.165, 1.54) is 0 Å². The molecule has 8 nitrogen and oxygen atoms in total. The minimum atomic E-state index is -3.61. The molecule has 0 aliphatic heterocycles. The Morgan fingerprint density at radius 2 is 1.91 bits per heavy atom. The van der Waals surface area contributed by atoms with Crippen LogP contribution in [0, 0.1) is 0 Å². The molecule has 2 aromatic heterocycles. The van der Waals surface area contributed by atoms with Gasteiger partial charge in [0.2, 0.25) is 15.8 Å². The van der Waals surface area contributed by atoms with Gasteiger partial charge in [0.1, 0.15) is 0 Å². The summed E-state index contributed by atoms with van der Waals surface area (Å²) >= 11 is 11.9. The van der Waals surface area contributed by atoms with E-state index in [1.807, 2.05) is 0 Å². The number of hydrogen-bond acceptors (Lipinski definition) is 7. The maximum atomic E-state index is 11.5. The molecule has 2 N–H and O–H groups in total. The van der Waals surface area contributed by atoms with Gasteiger partial charge in [-0.2, -0.15) is 19.5 Å². The van der Waals surface area contributed by atoms with E-state index in [0.29, 0.717) is 15.6 Å². The molecule has 0 fully saturated rings. The molecule has 1 aromatic carbocycles. The van der Waals surface area contributed by atoms with Crippen LogP contribution in [0.25, 0.3) is 17.2 Å². The van der Waals surface area contributed by atoms with Gasteiger partial charge in [-0.15, -0.1) is 5.10 Å². The molecule has 0 amide bonds. The van der Waals surface area contributed by atoms with Gasteiger partial charge in [0.15, 0.2) is 5.82 Å². The summed E-state index contributed by atoms with van der Waals surface area (Å²) in [7, 11) is -3.61. The minimum absolute atomic E-state index is 0.00828. The highest BCUT2D eigenvalue weighted by Gasteiger charge is 2.18. The van der Waals surface area contributed by atoms with E-state index in [-0.39, 0.29) is 17.6 Å². The summed E-state index contributed by atoms with van der Waals surface area (Å²) in [6.45, 7) is 0. The Hall–Kier alpha value is -1.97. The molecule has 0 saturated heterocycles. The van der Waals surface area contributed by atoms with Crippen LogP contribution in [0.5, 0.6) is 0 Å². The van der Waals surface area contributed by atoms with Crippen LogP contribution < -0.4 is 5.73 Å². The molecule has 2 heterocycles. The lowest BCUT2D eigenvalue weighted by atomic mass is 10.2. The molecule has 0 radical (unpaired) electrons. The average Bonchev–Trinajstić information content (AvgIpc) is 2.81. The summed E-state index contributed by atoms with van der Waals surface area (Å²) in [5, 5.41) is 4.53. The molecule has 0 aliphatic carbocycles. The zero-order chi connectivity index (χ0) is 16.1. The fraction of sp³-hybridized carbons (Fsp3) is 0.0909. The third-order valence-corrected chi connectivity index (χ3v) is 4.11. The lowest BCUT2D eigenvalue weighted by molar-refractivity contribution is 0.592. The fourth-order valence-corrected chi connectivity index (χ4v) is 2.74. The molecule has 0 bridgehead atoms. The van der Waals surface area contributed by atoms with Crippen LogP contribution in [0.3, 0.4) is 0 Å². The van der Waals surface area contributed by atoms with Crippen molar-refractivity contribution in [1.82, 2.24) is 24.6 Å².